The van der Waals surface area contributed by atoms with E-state index in [0.717, 1.165) is 16.8 Å². The van der Waals surface area contributed by atoms with Crippen LogP contribution in [0.5, 0.6) is 0 Å². The maximum Gasteiger partial charge on any atom is 0.272 e. The zero-order valence-corrected chi connectivity index (χ0v) is 11.3. The molecular formula is C14H15N3O3. The Morgan fingerprint density at radius 2 is 2.35 bits per heavy atom. The molecule has 1 fully saturated rings. The summed E-state index contributed by atoms with van der Waals surface area (Å²) in [5.41, 5.74) is 2.90. The van der Waals surface area contributed by atoms with Gasteiger partial charge in [-0.15, -0.1) is 0 Å². The number of H-pyrrole nitrogens is 1. The van der Waals surface area contributed by atoms with Crippen LogP contribution in [0.2, 0.25) is 0 Å². The quantitative estimate of drug-likeness (QED) is 0.855. The van der Waals surface area contributed by atoms with Gasteiger partial charge in [-0.05, 0) is 26.0 Å². The molecule has 2 aromatic heterocycles. The molecule has 1 N–H and O–H groups in total. The van der Waals surface area contributed by atoms with E-state index in [9.17, 15) is 4.79 Å². The maximum atomic E-state index is 11.8. The van der Waals surface area contributed by atoms with Gasteiger partial charge in [0.05, 0.1) is 5.56 Å². The third-order valence-corrected chi connectivity index (χ3v) is 3.25. The lowest BCUT2D eigenvalue weighted by Crippen LogP contribution is -2.10. The van der Waals surface area contributed by atoms with Crippen molar-refractivity contribution in [2.24, 2.45) is 0 Å². The van der Waals surface area contributed by atoms with Gasteiger partial charge in [0.15, 0.2) is 6.29 Å². The van der Waals surface area contributed by atoms with Gasteiger partial charge in [-0.1, -0.05) is 0 Å². The van der Waals surface area contributed by atoms with Crippen LogP contribution in [0.15, 0.2) is 29.3 Å². The Bertz CT molecular complexity index is 683. The van der Waals surface area contributed by atoms with E-state index in [1.165, 1.54) is 0 Å². The number of nitrogens with one attached hydrogen (secondary N) is 1. The van der Waals surface area contributed by atoms with E-state index in [1.807, 2.05) is 19.9 Å². The lowest BCUT2D eigenvalue weighted by atomic mass is 10.0. The molecule has 0 saturated carbocycles. The highest BCUT2D eigenvalue weighted by Crippen LogP contribution is 2.41. The first kappa shape index (κ1) is 13.0. The van der Waals surface area contributed by atoms with Crippen molar-refractivity contribution < 1.29 is 9.47 Å². The first-order valence-electron chi connectivity index (χ1n) is 6.48. The molecule has 1 aliphatic rings. The van der Waals surface area contributed by atoms with Gasteiger partial charge in [-0.3, -0.25) is 9.78 Å². The van der Waals surface area contributed by atoms with Crippen molar-refractivity contribution >= 4 is 0 Å². The molecule has 1 saturated heterocycles. The first-order valence-corrected chi connectivity index (χ1v) is 6.48. The van der Waals surface area contributed by atoms with Crippen molar-refractivity contribution in [1.82, 2.24) is 15.2 Å². The number of pyridine rings is 1. The van der Waals surface area contributed by atoms with E-state index in [2.05, 4.69) is 15.2 Å². The fourth-order valence-electron chi connectivity index (χ4n) is 2.17. The lowest BCUT2D eigenvalue weighted by molar-refractivity contribution is 0.0593. The van der Waals surface area contributed by atoms with E-state index >= 15 is 0 Å². The van der Waals surface area contributed by atoms with Gasteiger partial charge in [0.1, 0.15) is 6.10 Å². The first-order chi connectivity index (χ1) is 9.70. The lowest BCUT2D eigenvalue weighted by Gasteiger charge is -2.05. The van der Waals surface area contributed by atoms with Gasteiger partial charge in [-0.25, -0.2) is 5.10 Å². The predicted octanol–water partition coefficient (Wildman–Crippen LogP) is 1.57. The molecule has 20 heavy (non-hydrogen) atoms. The Balaban J connectivity index is 1.96. The van der Waals surface area contributed by atoms with Crippen molar-refractivity contribution in [3.8, 4) is 11.1 Å². The van der Waals surface area contributed by atoms with Gasteiger partial charge in [0.25, 0.3) is 5.56 Å². The zero-order chi connectivity index (χ0) is 14.1. The van der Waals surface area contributed by atoms with Crippen LogP contribution in [0, 0.1) is 6.92 Å². The molecule has 0 aromatic carbocycles. The third-order valence-electron chi connectivity index (χ3n) is 3.25. The number of aryl methyl sites for hydroxylation is 1. The number of hydrogen-bond donors (Lipinski definition) is 1. The summed E-state index contributed by atoms with van der Waals surface area (Å²) in [5.74, 6) is 0. The van der Waals surface area contributed by atoms with E-state index < -0.39 is 0 Å². The van der Waals surface area contributed by atoms with Crippen LogP contribution in [0.1, 0.15) is 24.3 Å². The van der Waals surface area contributed by atoms with Crippen molar-refractivity contribution in [3.05, 3.63) is 46.1 Å². The summed E-state index contributed by atoms with van der Waals surface area (Å²) in [6.45, 7) is 4.45. The van der Waals surface area contributed by atoms with Crippen LogP contribution >= 0.6 is 0 Å². The van der Waals surface area contributed by atoms with E-state index in [0.29, 0.717) is 12.2 Å². The van der Waals surface area contributed by atoms with Gasteiger partial charge >= 0.3 is 0 Å². The second kappa shape index (κ2) is 5.15. The summed E-state index contributed by atoms with van der Waals surface area (Å²) in [6.07, 6.45) is 2.93. The molecule has 3 heterocycles. The van der Waals surface area contributed by atoms with Crippen LogP contribution in [0.4, 0.5) is 0 Å². The summed E-state index contributed by atoms with van der Waals surface area (Å²) < 4.78 is 10.9. The molecule has 0 amide bonds. The molecule has 3 rings (SSSR count). The number of nitrogens with zero attached hydrogens (tertiary/aromatic N) is 2. The molecule has 6 nitrogen and oxygen atoms in total. The average molecular weight is 273 g/mol. The Kier molecular flexibility index (Phi) is 3.33. The second-order valence-electron chi connectivity index (χ2n) is 4.58. The molecule has 2 unspecified atom stereocenters. The summed E-state index contributed by atoms with van der Waals surface area (Å²) >= 11 is 0. The van der Waals surface area contributed by atoms with Crippen molar-refractivity contribution in [2.45, 2.75) is 26.2 Å². The Hall–Kier alpha value is -2.05. The summed E-state index contributed by atoms with van der Waals surface area (Å²) in [4.78, 5) is 16.1. The number of epoxide rings is 1. The van der Waals surface area contributed by atoms with Crippen molar-refractivity contribution in [1.29, 1.82) is 0 Å². The fourth-order valence-corrected chi connectivity index (χ4v) is 2.17. The molecule has 0 spiro atoms. The number of hydrogen-bond acceptors (Lipinski definition) is 5. The maximum absolute atomic E-state index is 11.8. The monoisotopic (exact) mass is 273 g/mol. The number of aromatic nitrogens is 3. The van der Waals surface area contributed by atoms with Crippen molar-refractivity contribution in [3.63, 3.8) is 0 Å². The van der Waals surface area contributed by atoms with E-state index in [1.54, 1.807) is 18.5 Å². The molecule has 0 radical (unpaired) electrons. The van der Waals surface area contributed by atoms with E-state index in [-0.39, 0.29) is 18.0 Å². The highest BCUT2D eigenvalue weighted by molar-refractivity contribution is 5.62. The smallest absolute Gasteiger partial charge is 0.272 e. The predicted molar refractivity (Wildman–Crippen MR) is 72.1 cm³/mol. The molecule has 104 valence electrons. The number of rotatable bonds is 4. The molecule has 1 aliphatic heterocycles. The molecule has 0 bridgehead atoms. The van der Waals surface area contributed by atoms with Crippen LogP contribution < -0.4 is 5.56 Å². The molecule has 2 aromatic rings. The summed E-state index contributed by atoms with van der Waals surface area (Å²) in [6, 6.07) is 3.60. The Morgan fingerprint density at radius 3 is 3.10 bits per heavy atom. The normalized spacial score (nSPS) is 20.9. The minimum atomic E-state index is -0.234. The summed E-state index contributed by atoms with van der Waals surface area (Å²) in [5, 5.41) is 6.11. The van der Waals surface area contributed by atoms with Gasteiger partial charge in [0.2, 0.25) is 0 Å². The fraction of sp³-hybridized carbons (Fsp3) is 0.357. The highest BCUT2D eigenvalue weighted by Gasteiger charge is 2.42. The zero-order valence-electron chi connectivity index (χ0n) is 11.3. The van der Waals surface area contributed by atoms with Crippen LogP contribution in [0.3, 0.4) is 0 Å². The third kappa shape index (κ3) is 2.35. The molecule has 2 atom stereocenters. The Morgan fingerprint density at radius 1 is 1.50 bits per heavy atom. The highest BCUT2D eigenvalue weighted by atomic mass is 16.8. The van der Waals surface area contributed by atoms with Crippen molar-refractivity contribution in [2.75, 3.05) is 6.61 Å². The van der Waals surface area contributed by atoms with Crippen LogP contribution in [-0.4, -0.2) is 28.1 Å². The largest absolute Gasteiger partial charge is 0.350 e. The standard InChI is InChI=1S/C14H15N3O3/c1-3-19-14-12(20-14)11-6-9(7-15-8(11)2)10-4-5-16-17-13(10)18/h4-7,12,14H,3H2,1-2H3,(H,17,18). The Labute approximate surface area is 115 Å². The van der Waals surface area contributed by atoms with Gasteiger partial charge < -0.3 is 9.47 Å². The minimum absolute atomic E-state index is 0.0941. The van der Waals surface area contributed by atoms with Crippen LogP contribution in [0.25, 0.3) is 11.1 Å². The number of ether oxygens (including phenoxy) is 2. The second-order valence-corrected chi connectivity index (χ2v) is 4.58. The molecular weight excluding hydrogens is 258 g/mol. The minimum Gasteiger partial charge on any atom is -0.350 e. The molecule has 0 aliphatic carbocycles. The molecule has 6 heteroatoms. The SMILES string of the molecule is CCOC1OC1c1cc(-c2ccn[nH]c2=O)cnc1C. The average Bonchev–Trinajstić information content (AvgIpc) is 3.20. The van der Waals surface area contributed by atoms with Gasteiger partial charge in [0, 0.05) is 35.8 Å². The summed E-state index contributed by atoms with van der Waals surface area (Å²) in [7, 11) is 0. The number of aromatic amines is 1. The van der Waals surface area contributed by atoms with Crippen LogP contribution in [-0.2, 0) is 9.47 Å². The van der Waals surface area contributed by atoms with E-state index in [4.69, 9.17) is 9.47 Å². The van der Waals surface area contributed by atoms with Gasteiger partial charge in [-0.2, -0.15) is 5.10 Å². The topological polar surface area (TPSA) is 80.4 Å².